The van der Waals surface area contributed by atoms with Crippen molar-refractivity contribution in [2.45, 2.75) is 65.6 Å². The summed E-state index contributed by atoms with van der Waals surface area (Å²) in [5.41, 5.74) is -0.312. The molecule has 164 valence electrons. The minimum atomic E-state index is -0.663. The van der Waals surface area contributed by atoms with E-state index in [0.29, 0.717) is 12.8 Å². The molecule has 8 atom stereocenters. The Bertz CT molecular complexity index is 862. The molecule has 0 unspecified atom stereocenters. The number of ether oxygens (including phenoxy) is 1. The van der Waals surface area contributed by atoms with Crippen molar-refractivity contribution >= 4 is 17.5 Å². The molecule has 3 saturated carbocycles. The highest BCUT2D eigenvalue weighted by Crippen LogP contribution is 2.71. The Morgan fingerprint density at radius 1 is 1.30 bits per heavy atom. The van der Waals surface area contributed by atoms with Gasteiger partial charge < -0.3 is 14.9 Å². The molecule has 0 aromatic rings. The second-order valence-electron chi connectivity index (χ2n) is 10.4. The van der Waals surface area contributed by atoms with Crippen LogP contribution in [0.15, 0.2) is 23.8 Å². The molecule has 0 aromatic carbocycles. The number of aliphatic hydroxyl groups excluding tert-OH is 2. The standard InChI is InChI=1S/C24H33NO5/c1-13(25)30-19-10-17-16-6-5-14-9-15(27)7-8-23(14,3)24(16,4)20(29)11-22(17,2)21(19)18(28)12-26/h7-9,16-17,19-21,25-26,29H,5-6,10-12H2,1-4H3/t16-,17-,19+,20-,21-,22-,23-,24+/m0/s1. The summed E-state index contributed by atoms with van der Waals surface area (Å²) < 4.78 is 5.80. The molecule has 0 radical (unpaired) electrons. The summed E-state index contributed by atoms with van der Waals surface area (Å²) in [6, 6.07) is 0. The van der Waals surface area contributed by atoms with E-state index in [1.807, 2.05) is 6.08 Å². The molecule has 0 aromatic heterocycles. The Hall–Kier alpha value is -1.79. The van der Waals surface area contributed by atoms with Gasteiger partial charge in [-0.25, -0.2) is 0 Å². The number of aliphatic hydroxyl groups is 2. The van der Waals surface area contributed by atoms with Crippen LogP contribution in [-0.4, -0.2) is 46.5 Å². The molecule has 30 heavy (non-hydrogen) atoms. The van der Waals surface area contributed by atoms with E-state index in [0.717, 1.165) is 18.4 Å². The van der Waals surface area contributed by atoms with E-state index in [1.165, 1.54) is 0 Å². The van der Waals surface area contributed by atoms with Crippen molar-refractivity contribution in [1.82, 2.24) is 0 Å². The van der Waals surface area contributed by atoms with Crippen LogP contribution in [0, 0.1) is 39.4 Å². The van der Waals surface area contributed by atoms with Crippen LogP contribution >= 0.6 is 0 Å². The number of allylic oxidation sites excluding steroid dienone is 4. The van der Waals surface area contributed by atoms with Gasteiger partial charge in [-0.3, -0.25) is 15.0 Å². The molecule has 0 aliphatic heterocycles. The van der Waals surface area contributed by atoms with Gasteiger partial charge >= 0.3 is 0 Å². The topological polar surface area (TPSA) is 108 Å². The summed E-state index contributed by atoms with van der Waals surface area (Å²) >= 11 is 0. The number of ketones is 2. The minimum Gasteiger partial charge on any atom is -0.477 e. The SMILES string of the molecule is CC(=N)O[C@@H]1C[C@H]2[C@@H]3CCC4=CC(=O)C=C[C@]4(C)[C@@]3(C)[C@@H](O)C[C@]2(C)[C@H]1C(=O)CO. The van der Waals surface area contributed by atoms with E-state index in [-0.39, 0.29) is 29.3 Å². The van der Waals surface area contributed by atoms with Gasteiger partial charge in [0, 0.05) is 17.8 Å². The van der Waals surface area contributed by atoms with Gasteiger partial charge in [-0.2, -0.15) is 0 Å². The summed E-state index contributed by atoms with van der Waals surface area (Å²) in [7, 11) is 0. The molecule has 4 aliphatic rings. The Morgan fingerprint density at radius 2 is 2.00 bits per heavy atom. The average molecular weight is 416 g/mol. The second kappa shape index (κ2) is 6.86. The lowest BCUT2D eigenvalue weighted by Crippen LogP contribution is -2.63. The van der Waals surface area contributed by atoms with Crippen molar-refractivity contribution in [3.8, 4) is 0 Å². The number of carbonyl (C=O) groups is 2. The first kappa shape index (κ1) is 21.4. The van der Waals surface area contributed by atoms with E-state index >= 15 is 0 Å². The summed E-state index contributed by atoms with van der Waals surface area (Å²) in [5, 5.41) is 29.0. The monoisotopic (exact) mass is 415 g/mol. The van der Waals surface area contributed by atoms with Crippen LogP contribution in [0.5, 0.6) is 0 Å². The van der Waals surface area contributed by atoms with E-state index in [4.69, 9.17) is 10.1 Å². The second-order valence-corrected chi connectivity index (χ2v) is 10.4. The molecule has 6 nitrogen and oxygen atoms in total. The van der Waals surface area contributed by atoms with Gasteiger partial charge in [0.05, 0.1) is 12.0 Å². The maximum atomic E-state index is 12.8. The van der Waals surface area contributed by atoms with E-state index in [1.54, 1.807) is 19.1 Å². The average Bonchev–Trinajstić information content (AvgIpc) is 2.94. The highest BCUT2D eigenvalue weighted by molar-refractivity contribution is 6.01. The van der Waals surface area contributed by atoms with Crippen LogP contribution in [0.3, 0.4) is 0 Å². The maximum absolute atomic E-state index is 12.8. The zero-order valence-electron chi connectivity index (χ0n) is 18.3. The van der Waals surface area contributed by atoms with Crippen LogP contribution in [0.1, 0.15) is 53.4 Å². The molecule has 0 heterocycles. The number of carbonyl (C=O) groups excluding carboxylic acids is 2. The Labute approximate surface area is 177 Å². The van der Waals surface area contributed by atoms with Gasteiger partial charge in [-0.1, -0.05) is 32.4 Å². The fourth-order valence-electron chi connectivity index (χ4n) is 7.65. The van der Waals surface area contributed by atoms with Crippen molar-refractivity contribution in [1.29, 1.82) is 5.41 Å². The predicted molar refractivity (Wildman–Crippen MR) is 112 cm³/mol. The van der Waals surface area contributed by atoms with Crippen molar-refractivity contribution in [3.63, 3.8) is 0 Å². The fraction of sp³-hybridized carbons (Fsp3) is 0.708. The largest absolute Gasteiger partial charge is 0.477 e. The third-order valence-electron chi connectivity index (χ3n) is 9.24. The quantitative estimate of drug-likeness (QED) is 0.485. The molecule has 3 N–H and O–H groups in total. The summed E-state index contributed by atoms with van der Waals surface area (Å²) in [5.74, 6) is -0.479. The first-order chi connectivity index (χ1) is 14.0. The summed E-state index contributed by atoms with van der Waals surface area (Å²) in [4.78, 5) is 24.8. The molecular weight excluding hydrogens is 382 g/mol. The first-order valence-corrected chi connectivity index (χ1v) is 11.0. The smallest absolute Gasteiger partial charge is 0.178 e. The lowest BCUT2D eigenvalue weighted by Gasteiger charge is -2.64. The summed E-state index contributed by atoms with van der Waals surface area (Å²) in [6.45, 7) is 7.31. The van der Waals surface area contributed by atoms with Gasteiger partial charge in [-0.05, 0) is 55.1 Å². The number of nitrogens with one attached hydrogen (secondary N) is 1. The first-order valence-electron chi connectivity index (χ1n) is 11.0. The van der Waals surface area contributed by atoms with Gasteiger partial charge in [0.25, 0.3) is 0 Å². The van der Waals surface area contributed by atoms with Crippen molar-refractivity contribution in [2.24, 2.45) is 34.0 Å². The number of hydrogen-bond donors (Lipinski definition) is 3. The molecule has 4 rings (SSSR count). The van der Waals surface area contributed by atoms with E-state index in [2.05, 4.69) is 20.8 Å². The van der Waals surface area contributed by atoms with Gasteiger partial charge in [-0.15, -0.1) is 0 Å². The number of Topliss-reactive ketones (excluding diaryl/α,β-unsaturated/α-hetero) is 1. The number of hydrogen-bond acceptors (Lipinski definition) is 6. The molecular formula is C24H33NO5. The van der Waals surface area contributed by atoms with E-state index in [9.17, 15) is 19.8 Å². The van der Waals surface area contributed by atoms with Crippen LogP contribution in [0.2, 0.25) is 0 Å². The molecule has 4 aliphatic carbocycles. The number of rotatable bonds is 3. The Kier molecular flexibility index (Phi) is 4.90. The van der Waals surface area contributed by atoms with Crippen molar-refractivity contribution in [3.05, 3.63) is 23.8 Å². The summed E-state index contributed by atoms with van der Waals surface area (Å²) in [6.07, 6.45) is 6.91. The van der Waals surface area contributed by atoms with Crippen LogP contribution in [0.25, 0.3) is 0 Å². The molecule has 3 fully saturated rings. The molecule has 0 amide bonds. The molecule has 6 heteroatoms. The molecule has 0 saturated heterocycles. The third kappa shape index (κ3) is 2.65. The highest BCUT2D eigenvalue weighted by atomic mass is 16.5. The maximum Gasteiger partial charge on any atom is 0.178 e. The van der Waals surface area contributed by atoms with Crippen LogP contribution < -0.4 is 0 Å². The highest BCUT2D eigenvalue weighted by Gasteiger charge is 2.69. The molecule has 0 bridgehead atoms. The lowest BCUT2D eigenvalue weighted by molar-refractivity contribution is -0.178. The van der Waals surface area contributed by atoms with Crippen LogP contribution in [-0.2, 0) is 14.3 Å². The van der Waals surface area contributed by atoms with Gasteiger partial charge in [0.1, 0.15) is 12.7 Å². The van der Waals surface area contributed by atoms with Crippen molar-refractivity contribution < 1.29 is 24.5 Å². The fourth-order valence-corrected chi connectivity index (χ4v) is 7.65. The number of fused-ring (bicyclic) bond motifs is 5. The minimum absolute atomic E-state index is 0.00376. The normalized spacial score (nSPS) is 47.1. The van der Waals surface area contributed by atoms with Gasteiger partial charge in [0.2, 0.25) is 0 Å². The third-order valence-corrected chi connectivity index (χ3v) is 9.24. The lowest BCUT2D eigenvalue weighted by atomic mass is 9.40. The van der Waals surface area contributed by atoms with Crippen LogP contribution in [0.4, 0.5) is 0 Å². The zero-order valence-corrected chi connectivity index (χ0v) is 18.3. The zero-order chi connectivity index (χ0) is 22.1. The van der Waals surface area contributed by atoms with E-state index < -0.39 is 41.0 Å². The van der Waals surface area contributed by atoms with Crippen molar-refractivity contribution in [2.75, 3.05) is 6.61 Å². The predicted octanol–water partition coefficient (Wildman–Crippen LogP) is 2.83. The molecule has 0 spiro atoms. The van der Waals surface area contributed by atoms with Gasteiger partial charge in [0.15, 0.2) is 17.5 Å². The Balaban J connectivity index is 1.80. The Morgan fingerprint density at radius 3 is 2.63 bits per heavy atom.